The van der Waals surface area contributed by atoms with E-state index in [0.29, 0.717) is 11.4 Å². The molecule has 1 aliphatic rings. The molecule has 1 unspecified atom stereocenters. The van der Waals surface area contributed by atoms with Gasteiger partial charge in [0, 0.05) is 30.2 Å². The molecule has 2 heterocycles. The maximum Gasteiger partial charge on any atom is 0.235 e. The summed E-state index contributed by atoms with van der Waals surface area (Å²) < 4.78 is 2.03. The van der Waals surface area contributed by atoms with Crippen LogP contribution >= 0.6 is 23.4 Å². The highest BCUT2D eigenvalue weighted by atomic mass is 35.5. The minimum Gasteiger partial charge on any atom is -0.342 e. The van der Waals surface area contributed by atoms with Gasteiger partial charge in [-0.2, -0.15) is 0 Å². The molecule has 1 amide bonds. The van der Waals surface area contributed by atoms with Gasteiger partial charge in [0.15, 0.2) is 5.16 Å². The molecule has 1 aromatic heterocycles. The second kappa shape index (κ2) is 9.01. The van der Waals surface area contributed by atoms with Crippen LogP contribution in [-0.4, -0.2) is 43.9 Å². The molecule has 29 heavy (non-hydrogen) atoms. The summed E-state index contributed by atoms with van der Waals surface area (Å²) >= 11 is 7.55. The second-order valence-corrected chi connectivity index (χ2v) is 8.91. The third-order valence-electron chi connectivity index (χ3n) is 5.04. The lowest BCUT2D eigenvalue weighted by molar-refractivity contribution is -0.129. The molecule has 1 fully saturated rings. The molecule has 1 aliphatic heterocycles. The fourth-order valence-electron chi connectivity index (χ4n) is 3.52. The lowest BCUT2D eigenvalue weighted by Crippen LogP contribution is -2.34. The molecule has 0 bridgehead atoms. The van der Waals surface area contributed by atoms with E-state index in [1.807, 2.05) is 58.9 Å². The van der Waals surface area contributed by atoms with Gasteiger partial charge in [0.1, 0.15) is 5.82 Å². The molecule has 5 nitrogen and oxygen atoms in total. The Balaban J connectivity index is 1.64. The molecule has 0 saturated carbocycles. The SMILES string of the molecule is CC(Sc1nnc(Cc2ccccc2)n1-c1ccc(Cl)cc1)C(=O)N1CCCC1. The Kier molecular flexibility index (Phi) is 6.21. The number of likely N-dealkylation sites (tertiary alicyclic amines) is 1. The molecule has 0 aliphatic carbocycles. The first kappa shape index (κ1) is 20.0. The number of benzene rings is 2. The molecule has 0 spiro atoms. The second-order valence-electron chi connectivity index (χ2n) is 7.17. The normalized spacial score (nSPS) is 14.9. The molecule has 1 saturated heterocycles. The van der Waals surface area contributed by atoms with Crippen molar-refractivity contribution in [2.45, 2.75) is 36.6 Å². The number of carbonyl (C=O) groups excluding carboxylic acids is 1. The van der Waals surface area contributed by atoms with Crippen LogP contribution in [0.1, 0.15) is 31.2 Å². The molecule has 0 N–H and O–H groups in total. The molecule has 3 aromatic rings. The predicted molar refractivity (Wildman–Crippen MR) is 117 cm³/mol. The Morgan fingerprint density at radius 2 is 1.76 bits per heavy atom. The predicted octanol–water partition coefficient (Wildman–Crippen LogP) is 4.61. The van der Waals surface area contributed by atoms with E-state index >= 15 is 0 Å². The molecular weight excluding hydrogens is 404 g/mol. The van der Waals surface area contributed by atoms with Crippen molar-refractivity contribution in [3.05, 3.63) is 71.0 Å². The zero-order valence-electron chi connectivity index (χ0n) is 16.3. The average molecular weight is 427 g/mol. The van der Waals surface area contributed by atoms with Gasteiger partial charge in [0.25, 0.3) is 0 Å². The summed E-state index contributed by atoms with van der Waals surface area (Å²) in [5, 5.41) is 10.1. The molecule has 0 radical (unpaired) electrons. The number of hydrogen-bond donors (Lipinski definition) is 0. The number of halogens is 1. The van der Waals surface area contributed by atoms with E-state index in [-0.39, 0.29) is 11.2 Å². The number of thioether (sulfide) groups is 1. The van der Waals surface area contributed by atoms with E-state index in [4.69, 9.17) is 11.6 Å². The molecule has 4 rings (SSSR count). The number of aromatic nitrogens is 3. The smallest absolute Gasteiger partial charge is 0.235 e. The van der Waals surface area contributed by atoms with Crippen molar-refractivity contribution in [2.75, 3.05) is 13.1 Å². The van der Waals surface area contributed by atoms with Crippen LogP contribution in [-0.2, 0) is 11.2 Å². The summed E-state index contributed by atoms with van der Waals surface area (Å²) in [5.74, 6) is 1.00. The zero-order valence-corrected chi connectivity index (χ0v) is 17.9. The third-order valence-corrected chi connectivity index (χ3v) is 6.32. The van der Waals surface area contributed by atoms with Gasteiger partial charge in [-0.05, 0) is 49.6 Å². The molecule has 7 heteroatoms. The first-order valence-electron chi connectivity index (χ1n) is 9.81. The van der Waals surface area contributed by atoms with Crippen molar-refractivity contribution in [3.63, 3.8) is 0 Å². The van der Waals surface area contributed by atoms with Gasteiger partial charge in [-0.15, -0.1) is 10.2 Å². The van der Waals surface area contributed by atoms with Gasteiger partial charge in [-0.25, -0.2) is 0 Å². The van der Waals surface area contributed by atoms with Gasteiger partial charge < -0.3 is 4.90 Å². The number of rotatable bonds is 6. The van der Waals surface area contributed by atoms with Gasteiger partial charge in [0.05, 0.1) is 5.25 Å². The fourth-order valence-corrected chi connectivity index (χ4v) is 4.62. The Bertz CT molecular complexity index is 968. The highest BCUT2D eigenvalue weighted by Crippen LogP contribution is 2.29. The quantitative estimate of drug-likeness (QED) is 0.540. The van der Waals surface area contributed by atoms with Crippen molar-refractivity contribution in [3.8, 4) is 5.69 Å². The van der Waals surface area contributed by atoms with E-state index in [9.17, 15) is 4.79 Å². The van der Waals surface area contributed by atoms with Crippen LogP contribution in [0.15, 0.2) is 59.8 Å². The molecular formula is C22H23ClN4OS. The summed E-state index contributed by atoms with van der Waals surface area (Å²) in [6.45, 7) is 3.66. The Morgan fingerprint density at radius 3 is 2.45 bits per heavy atom. The molecule has 150 valence electrons. The summed E-state index contributed by atoms with van der Waals surface area (Å²) in [5.41, 5.74) is 2.10. The maximum absolute atomic E-state index is 12.8. The number of hydrogen-bond acceptors (Lipinski definition) is 4. The lowest BCUT2D eigenvalue weighted by atomic mass is 10.1. The van der Waals surface area contributed by atoms with E-state index < -0.39 is 0 Å². The standard InChI is InChI=1S/C22H23ClN4OS/c1-16(21(28)26-13-5-6-14-26)29-22-25-24-20(15-17-7-3-2-4-8-17)27(22)19-11-9-18(23)10-12-19/h2-4,7-12,16H,5-6,13-15H2,1H3. The number of nitrogens with zero attached hydrogens (tertiary/aromatic N) is 4. The first-order valence-corrected chi connectivity index (χ1v) is 11.1. The van der Waals surface area contributed by atoms with Crippen molar-refractivity contribution in [1.29, 1.82) is 0 Å². The van der Waals surface area contributed by atoms with Crippen molar-refractivity contribution < 1.29 is 4.79 Å². The van der Waals surface area contributed by atoms with Crippen LogP contribution in [0.3, 0.4) is 0 Å². The average Bonchev–Trinajstić information content (AvgIpc) is 3.40. The zero-order chi connectivity index (χ0) is 20.2. The van der Waals surface area contributed by atoms with E-state index in [0.717, 1.165) is 48.2 Å². The van der Waals surface area contributed by atoms with E-state index in [2.05, 4.69) is 22.3 Å². The monoisotopic (exact) mass is 426 g/mol. The summed E-state index contributed by atoms with van der Waals surface area (Å²) in [6, 6.07) is 17.8. The van der Waals surface area contributed by atoms with Crippen molar-refractivity contribution >= 4 is 29.3 Å². The fraction of sp³-hybridized carbons (Fsp3) is 0.318. The van der Waals surface area contributed by atoms with Crippen LogP contribution in [0, 0.1) is 0 Å². The Hall–Kier alpha value is -2.31. The summed E-state index contributed by atoms with van der Waals surface area (Å²) in [7, 11) is 0. The van der Waals surface area contributed by atoms with Gasteiger partial charge >= 0.3 is 0 Å². The van der Waals surface area contributed by atoms with Crippen LogP contribution in [0.4, 0.5) is 0 Å². The van der Waals surface area contributed by atoms with Crippen molar-refractivity contribution in [1.82, 2.24) is 19.7 Å². The van der Waals surface area contributed by atoms with Crippen LogP contribution in [0.2, 0.25) is 5.02 Å². The first-order chi connectivity index (χ1) is 14.1. The van der Waals surface area contributed by atoms with Gasteiger partial charge in [-0.1, -0.05) is 53.7 Å². The highest BCUT2D eigenvalue weighted by molar-refractivity contribution is 8.00. The summed E-state index contributed by atoms with van der Waals surface area (Å²) in [6.07, 6.45) is 2.84. The van der Waals surface area contributed by atoms with Gasteiger partial charge in [-0.3, -0.25) is 9.36 Å². The number of amides is 1. The van der Waals surface area contributed by atoms with Gasteiger partial charge in [0.2, 0.25) is 5.91 Å². The Morgan fingerprint density at radius 1 is 1.07 bits per heavy atom. The molecule has 1 atom stereocenters. The van der Waals surface area contributed by atoms with Crippen molar-refractivity contribution in [2.24, 2.45) is 0 Å². The Labute approximate surface area is 180 Å². The number of carbonyl (C=O) groups is 1. The van der Waals surface area contributed by atoms with E-state index in [1.165, 1.54) is 11.8 Å². The van der Waals surface area contributed by atoms with E-state index in [1.54, 1.807) is 0 Å². The lowest BCUT2D eigenvalue weighted by Gasteiger charge is -2.20. The van der Waals surface area contributed by atoms with Crippen LogP contribution in [0.25, 0.3) is 5.69 Å². The minimum absolute atomic E-state index is 0.169. The highest BCUT2D eigenvalue weighted by Gasteiger charge is 2.26. The largest absolute Gasteiger partial charge is 0.342 e. The topological polar surface area (TPSA) is 51.0 Å². The minimum atomic E-state index is -0.215. The maximum atomic E-state index is 12.8. The van der Waals surface area contributed by atoms with Crippen LogP contribution < -0.4 is 0 Å². The third kappa shape index (κ3) is 4.65. The summed E-state index contributed by atoms with van der Waals surface area (Å²) in [4.78, 5) is 14.7. The molecule has 2 aromatic carbocycles. The van der Waals surface area contributed by atoms with Crippen LogP contribution in [0.5, 0.6) is 0 Å².